The van der Waals surface area contributed by atoms with Crippen LogP contribution in [0.3, 0.4) is 0 Å². The first-order chi connectivity index (χ1) is 31.4. The van der Waals surface area contributed by atoms with Crippen LogP contribution in [0.2, 0.25) is 0 Å². The van der Waals surface area contributed by atoms with Gasteiger partial charge in [-0.3, -0.25) is 34.2 Å². The number of quaternary nitrogens is 1. The van der Waals surface area contributed by atoms with Gasteiger partial charge in [-0.05, 0) is 98.4 Å². The van der Waals surface area contributed by atoms with Crippen LogP contribution in [0.15, 0.2) is 47.8 Å². The number of unbranched alkanes of at least 4 members (excludes halogenated alkanes) is 4. The number of amidine groups is 1. The average Bonchev–Trinajstić information content (AvgIpc) is 4.02. The molecule has 2 aromatic carbocycles. The second-order valence-electron chi connectivity index (χ2n) is 18.0. The third kappa shape index (κ3) is 10.4. The number of hydrogen-bond acceptors (Lipinski definition) is 11. The number of benzene rings is 2. The summed E-state index contributed by atoms with van der Waals surface area (Å²) in [7, 11) is 1.63. The number of anilines is 2. The molecule has 0 radical (unpaired) electrons. The van der Waals surface area contributed by atoms with Crippen molar-refractivity contribution in [2.24, 2.45) is 0 Å². The molecule has 0 aromatic heterocycles. The highest BCUT2D eigenvalue weighted by Gasteiger charge is 2.44. The lowest BCUT2D eigenvalue weighted by atomic mass is 9.91. The molecule has 2 saturated heterocycles. The summed E-state index contributed by atoms with van der Waals surface area (Å²) in [5.41, 5.74) is 8.35. The van der Waals surface area contributed by atoms with Crippen LogP contribution in [0.4, 0.5) is 20.2 Å². The van der Waals surface area contributed by atoms with Crippen molar-refractivity contribution < 1.29 is 37.5 Å². The number of carbonyl (C=O) groups is 4. The molecule has 4 amide bonds. The van der Waals surface area contributed by atoms with Crippen LogP contribution in [-0.2, 0) is 20.7 Å². The number of nitrogens with one attached hydrogen (secondary N) is 6. The molecule has 2 fully saturated rings. The molecule has 6 N–H and O–H groups in total. The maximum atomic E-state index is 14.9. The Kier molecular flexibility index (Phi) is 14.5. The number of aryl methyl sites for hydroxylation is 1. The van der Waals surface area contributed by atoms with E-state index in [2.05, 4.69) is 26.7 Å². The minimum atomic E-state index is -2.75. The smallest absolute Gasteiger partial charge is 0.264 e. The van der Waals surface area contributed by atoms with Gasteiger partial charge in [0.15, 0.2) is 0 Å². The minimum absolute atomic E-state index is 0.0578. The van der Waals surface area contributed by atoms with Gasteiger partial charge in [-0.15, -0.1) is 0 Å². The monoisotopic (exact) mass is 900 g/mol. The summed E-state index contributed by atoms with van der Waals surface area (Å²) in [6, 6.07) is 7.93. The van der Waals surface area contributed by atoms with E-state index in [1.807, 2.05) is 17.2 Å². The molecular weight excluding hydrogens is 839 g/mol. The molecule has 6 aliphatic rings. The fourth-order valence-electron chi connectivity index (χ4n) is 9.94. The van der Waals surface area contributed by atoms with E-state index in [1.165, 1.54) is 6.07 Å². The molecule has 2 aromatic rings. The van der Waals surface area contributed by atoms with Crippen molar-refractivity contribution in [2.45, 2.75) is 95.6 Å². The topological polar surface area (TPSA) is 194 Å². The van der Waals surface area contributed by atoms with Gasteiger partial charge in [0.05, 0.1) is 23.2 Å². The van der Waals surface area contributed by atoms with Crippen molar-refractivity contribution in [3.05, 3.63) is 80.8 Å². The van der Waals surface area contributed by atoms with E-state index < -0.39 is 29.0 Å². The molecule has 16 nitrogen and oxygen atoms in total. The number of hydrogen-bond donors (Lipinski definition) is 6. The van der Waals surface area contributed by atoms with E-state index in [9.17, 15) is 38.6 Å². The normalized spacial score (nSPS) is 22.4. The standard InChI is InChI=1S/C47H62F2N10O6/c1-51-59(64)21-13-39(55-32-14-22-65-23-15-32)38(29-59)44(50)57-19-7-8-30-24-35(36(43(48)49)26-41(30)57)31-12-20-56(27-31)28-42(60)53-17-6-4-2-3-5-16-52-33-9-10-34-37(25-33)47(63)58(46(34)62)40-11-18-54-45(40)61/h9-10,24-27,32,40,43,50-52,55H,2-8,11-23,28-29H2,1H3,(H,53,60)(H,54,61). The molecule has 18 heteroatoms. The van der Waals surface area contributed by atoms with Gasteiger partial charge in [0, 0.05) is 94.3 Å². The summed E-state index contributed by atoms with van der Waals surface area (Å²) < 4.78 is 34.7. The molecule has 0 saturated carbocycles. The van der Waals surface area contributed by atoms with Gasteiger partial charge < -0.3 is 41.0 Å². The molecule has 0 spiro atoms. The lowest BCUT2D eigenvalue weighted by Crippen LogP contribution is -2.58. The highest BCUT2D eigenvalue weighted by Crippen LogP contribution is 2.40. The van der Waals surface area contributed by atoms with Gasteiger partial charge in [0.2, 0.25) is 11.8 Å². The van der Waals surface area contributed by atoms with Crippen molar-refractivity contribution >= 4 is 46.4 Å². The molecule has 0 bridgehead atoms. The van der Waals surface area contributed by atoms with Gasteiger partial charge in [0.1, 0.15) is 25.0 Å². The third-order valence-electron chi connectivity index (χ3n) is 13.6. The minimum Gasteiger partial charge on any atom is -0.611 e. The van der Waals surface area contributed by atoms with E-state index in [0.29, 0.717) is 106 Å². The molecule has 0 aliphatic carbocycles. The first-order valence-corrected chi connectivity index (χ1v) is 23.3. The molecule has 6 aliphatic heterocycles. The SMILES string of the molecule is CN[N+]1([O-])CCC(NC2CCOCC2)=C(C(=N)N2CCCc3cc(C4=CN(CC(=O)NCCCCCCCNc5ccc6c(c5)C(=O)N(C5CCNC5=O)C6=O)CC4)c(C(F)F)cc32)C1. The van der Waals surface area contributed by atoms with Crippen LogP contribution in [0.5, 0.6) is 0 Å². The highest BCUT2D eigenvalue weighted by atomic mass is 19.3. The number of carbonyl (C=O) groups excluding carboxylic acids is 4. The van der Waals surface area contributed by atoms with Crippen molar-refractivity contribution in [1.29, 1.82) is 5.41 Å². The van der Waals surface area contributed by atoms with Crippen LogP contribution < -0.4 is 31.6 Å². The van der Waals surface area contributed by atoms with E-state index in [1.54, 1.807) is 30.1 Å². The number of imide groups is 1. The van der Waals surface area contributed by atoms with Crippen molar-refractivity contribution in [3.63, 3.8) is 0 Å². The largest absolute Gasteiger partial charge is 0.611 e. The number of nitrogens with zero attached hydrogens (tertiary/aromatic N) is 4. The molecule has 65 heavy (non-hydrogen) atoms. The quantitative estimate of drug-likeness (QED) is 0.0297. The Balaban J connectivity index is 0.793. The Morgan fingerprint density at radius 3 is 2.48 bits per heavy atom. The maximum absolute atomic E-state index is 14.9. The second-order valence-corrected chi connectivity index (χ2v) is 18.0. The fraction of sp³-hybridized carbons (Fsp3) is 0.553. The summed E-state index contributed by atoms with van der Waals surface area (Å²) in [4.78, 5) is 55.7. The molecule has 6 heterocycles. The third-order valence-corrected chi connectivity index (χ3v) is 13.6. The van der Waals surface area contributed by atoms with Gasteiger partial charge in [-0.2, -0.15) is 5.43 Å². The summed E-state index contributed by atoms with van der Waals surface area (Å²) >= 11 is 0. The number of halogens is 2. The number of alkyl halides is 2. The number of rotatable bonds is 18. The predicted molar refractivity (Wildman–Crippen MR) is 243 cm³/mol. The first kappa shape index (κ1) is 46.1. The summed E-state index contributed by atoms with van der Waals surface area (Å²) in [6.07, 6.45) is 8.25. The van der Waals surface area contributed by atoms with E-state index >= 15 is 0 Å². The zero-order valence-electron chi connectivity index (χ0n) is 37.2. The van der Waals surface area contributed by atoms with E-state index in [0.717, 1.165) is 78.8 Å². The van der Waals surface area contributed by atoms with Gasteiger partial charge in [-0.25, -0.2) is 8.78 Å². The molecule has 2 unspecified atom stereocenters. The molecular formula is C47H62F2N10O6. The summed E-state index contributed by atoms with van der Waals surface area (Å²) in [5, 5.41) is 35.6. The van der Waals surface area contributed by atoms with Crippen LogP contribution in [0, 0.1) is 10.6 Å². The highest BCUT2D eigenvalue weighted by molar-refractivity contribution is 6.23. The average molecular weight is 901 g/mol. The second kappa shape index (κ2) is 20.4. The predicted octanol–water partition coefficient (Wildman–Crippen LogP) is 4.94. The summed E-state index contributed by atoms with van der Waals surface area (Å²) in [6.45, 7) is 4.54. The van der Waals surface area contributed by atoms with Crippen molar-refractivity contribution in [3.8, 4) is 0 Å². The van der Waals surface area contributed by atoms with E-state index in [-0.39, 0.29) is 42.3 Å². The van der Waals surface area contributed by atoms with Crippen LogP contribution in [0.1, 0.15) is 114 Å². The Morgan fingerprint density at radius 2 is 1.72 bits per heavy atom. The number of amides is 4. The lowest BCUT2D eigenvalue weighted by Gasteiger charge is -2.46. The Bertz CT molecular complexity index is 2230. The van der Waals surface area contributed by atoms with Crippen LogP contribution in [0.25, 0.3) is 5.57 Å². The molecule has 2 atom stereocenters. The maximum Gasteiger partial charge on any atom is 0.264 e. The molecule has 8 rings (SSSR count). The number of ether oxygens (including phenoxy) is 1. The number of hydroxylamine groups is 2. The van der Waals surface area contributed by atoms with E-state index in [4.69, 9.17) is 4.74 Å². The van der Waals surface area contributed by atoms with Crippen molar-refractivity contribution in [2.75, 3.05) is 82.8 Å². The van der Waals surface area contributed by atoms with Crippen molar-refractivity contribution in [1.82, 2.24) is 31.2 Å². The Hall–Kier alpha value is -5.43. The van der Waals surface area contributed by atoms with Gasteiger partial charge >= 0.3 is 0 Å². The van der Waals surface area contributed by atoms with Gasteiger partial charge in [0.25, 0.3) is 18.2 Å². The number of fused-ring (bicyclic) bond motifs is 2. The summed E-state index contributed by atoms with van der Waals surface area (Å²) in [5.74, 6) is -1.11. The zero-order valence-corrected chi connectivity index (χ0v) is 37.2. The van der Waals surface area contributed by atoms with Crippen LogP contribution >= 0.6 is 0 Å². The van der Waals surface area contributed by atoms with Crippen LogP contribution in [-0.4, -0.2) is 129 Å². The van der Waals surface area contributed by atoms with Gasteiger partial charge in [-0.1, -0.05) is 19.3 Å². The Labute approximate surface area is 378 Å². The molecule has 350 valence electrons. The lowest BCUT2D eigenvalue weighted by molar-refractivity contribution is -0.918. The Morgan fingerprint density at radius 1 is 0.954 bits per heavy atom. The first-order valence-electron chi connectivity index (χ1n) is 23.3. The zero-order chi connectivity index (χ0) is 45.7. The fourth-order valence-corrected chi connectivity index (χ4v) is 9.94.